The number of halogens is 5. The predicted octanol–water partition coefficient (Wildman–Crippen LogP) is 5.68. The molecular formula is C23H29Cl2F3N2. The molecule has 3 atom stereocenters. The van der Waals surface area contributed by atoms with Crippen LogP contribution in [0, 0.1) is 18.8 Å². The molecule has 2 aliphatic heterocycles. The topological polar surface area (TPSA) is 6.48 Å². The monoisotopic (exact) mass is 460 g/mol. The molecule has 0 saturated carbocycles. The fraction of sp³-hybridized carbons (Fsp3) is 0.478. The largest absolute Gasteiger partial charge is 0.393 e. The molecule has 166 valence electrons. The smallest absolute Gasteiger partial charge is 0.299 e. The number of hydrogen-bond acceptors (Lipinski definition) is 2. The number of rotatable bonds is 4. The van der Waals surface area contributed by atoms with Crippen molar-refractivity contribution < 1.29 is 13.2 Å². The van der Waals surface area contributed by atoms with Crippen LogP contribution >= 0.6 is 24.8 Å². The molecule has 2 heterocycles. The molecule has 4 rings (SSSR count). The Morgan fingerprint density at radius 2 is 1.63 bits per heavy atom. The summed E-state index contributed by atoms with van der Waals surface area (Å²) in [6, 6.07) is 16.0. The summed E-state index contributed by atoms with van der Waals surface area (Å²) < 4.78 is 38.1. The first-order valence-electron chi connectivity index (χ1n) is 9.93. The van der Waals surface area contributed by atoms with E-state index in [1.807, 2.05) is 6.07 Å². The number of nitrogens with zero attached hydrogens (tertiary/aromatic N) is 2. The Morgan fingerprint density at radius 1 is 0.933 bits per heavy atom. The van der Waals surface area contributed by atoms with E-state index in [0.717, 1.165) is 31.7 Å². The van der Waals surface area contributed by atoms with E-state index in [0.29, 0.717) is 23.4 Å². The van der Waals surface area contributed by atoms with Crippen LogP contribution < -0.4 is 0 Å². The molecule has 0 radical (unpaired) electrons. The quantitative estimate of drug-likeness (QED) is 0.578. The molecule has 0 amide bonds. The number of benzene rings is 2. The maximum absolute atomic E-state index is 12.7. The van der Waals surface area contributed by atoms with Crippen molar-refractivity contribution in [2.75, 3.05) is 26.7 Å². The minimum atomic E-state index is -4.16. The van der Waals surface area contributed by atoms with Crippen LogP contribution in [-0.4, -0.2) is 42.7 Å². The van der Waals surface area contributed by atoms with E-state index in [1.165, 1.54) is 11.1 Å². The normalized spacial score (nSPS) is 24.2. The Labute approximate surface area is 189 Å². The molecule has 0 N–H and O–H groups in total. The van der Waals surface area contributed by atoms with Crippen molar-refractivity contribution in [3.63, 3.8) is 0 Å². The lowest BCUT2D eigenvalue weighted by atomic mass is 9.88. The highest BCUT2D eigenvalue weighted by atomic mass is 35.5. The van der Waals surface area contributed by atoms with Crippen molar-refractivity contribution in [2.45, 2.75) is 32.1 Å². The Morgan fingerprint density at radius 3 is 2.33 bits per heavy atom. The number of fused-ring (bicyclic) bond motifs is 1. The van der Waals surface area contributed by atoms with Gasteiger partial charge in [0, 0.05) is 32.2 Å². The summed E-state index contributed by atoms with van der Waals surface area (Å²) in [5.41, 5.74) is 4.06. The summed E-state index contributed by atoms with van der Waals surface area (Å²) in [7, 11) is 2.21. The van der Waals surface area contributed by atoms with E-state index in [1.54, 1.807) is 18.2 Å². The van der Waals surface area contributed by atoms with Crippen LogP contribution in [0.15, 0.2) is 48.5 Å². The van der Waals surface area contributed by atoms with Crippen LogP contribution in [0.25, 0.3) is 0 Å². The van der Waals surface area contributed by atoms with Gasteiger partial charge in [0.2, 0.25) is 0 Å². The highest BCUT2D eigenvalue weighted by Crippen LogP contribution is 2.45. The number of hydrogen-bond donors (Lipinski definition) is 0. The molecule has 7 heteroatoms. The van der Waals surface area contributed by atoms with Crippen LogP contribution in [0.1, 0.15) is 28.3 Å². The van der Waals surface area contributed by atoms with Gasteiger partial charge in [0.25, 0.3) is 0 Å². The van der Waals surface area contributed by atoms with Crippen molar-refractivity contribution in [3.05, 3.63) is 70.8 Å². The summed E-state index contributed by atoms with van der Waals surface area (Å²) in [4.78, 5) is 4.89. The Bertz CT molecular complexity index is 843. The van der Waals surface area contributed by atoms with Gasteiger partial charge in [0.1, 0.15) is 0 Å². The second-order valence-corrected chi connectivity index (χ2v) is 8.47. The molecule has 0 aromatic heterocycles. The third kappa shape index (κ3) is 5.50. The number of likely N-dealkylation sites (tertiary alicyclic amines) is 2. The molecular weight excluding hydrogens is 432 g/mol. The standard InChI is InChI=1S/C23H27F3N2.2ClH/c1-16-6-3-4-9-20(16)22-21-15-28(14-19(21)13-27(22)2)12-18-8-5-7-17(10-18)11-23(24,25)26;;/h3-10,19,21-22H,11-15H2,1-2H3;2*1H/t19-,21+,22-;;/m0../s1. The third-order valence-electron chi connectivity index (χ3n) is 6.28. The average molecular weight is 461 g/mol. The van der Waals surface area contributed by atoms with Gasteiger partial charge in [-0.3, -0.25) is 9.80 Å². The lowest BCUT2D eigenvalue weighted by Crippen LogP contribution is -2.29. The van der Waals surface area contributed by atoms with Gasteiger partial charge in [-0.1, -0.05) is 48.5 Å². The van der Waals surface area contributed by atoms with Crippen LogP contribution in [0.2, 0.25) is 0 Å². The van der Waals surface area contributed by atoms with Crippen molar-refractivity contribution in [1.29, 1.82) is 0 Å². The van der Waals surface area contributed by atoms with Crippen LogP contribution in [0.3, 0.4) is 0 Å². The molecule has 0 aliphatic carbocycles. The highest BCUT2D eigenvalue weighted by Gasteiger charge is 2.46. The van der Waals surface area contributed by atoms with Gasteiger partial charge in [0.05, 0.1) is 6.42 Å². The van der Waals surface area contributed by atoms with Gasteiger partial charge >= 0.3 is 6.18 Å². The minimum absolute atomic E-state index is 0. The number of alkyl halides is 3. The maximum Gasteiger partial charge on any atom is 0.393 e. The predicted molar refractivity (Wildman–Crippen MR) is 120 cm³/mol. The fourth-order valence-electron chi connectivity index (χ4n) is 5.19. The second kappa shape index (κ2) is 9.90. The molecule has 2 nitrogen and oxygen atoms in total. The molecule has 2 aromatic carbocycles. The first-order valence-corrected chi connectivity index (χ1v) is 9.93. The zero-order chi connectivity index (χ0) is 19.9. The Kier molecular flexibility index (Phi) is 8.25. The van der Waals surface area contributed by atoms with Gasteiger partial charge < -0.3 is 0 Å². The van der Waals surface area contributed by atoms with Gasteiger partial charge in [-0.15, -0.1) is 24.8 Å². The van der Waals surface area contributed by atoms with Crippen molar-refractivity contribution >= 4 is 24.8 Å². The van der Waals surface area contributed by atoms with E-state index in [-0.39, 0.29) is 24.8 Å². The van der Waals surface area contributed by atoms with Gasteiger partial charge in [-0.25, -0.2) is 0 Å². The van der Waals surface area contributed by atoms with Gasteiger partial charge in [0.15, 0.2) is 0 Å². The molecule has 2 aromatic rings. The third-order valence-corrected chi connectivity index (χ3v) is 6.28. The zero-order valence-electron chi connectivity index (χ0n) is 17.2. The first kappa shape index (κ1) is 25.0. The molecule has 0 bridgehead atoms. The lowest BCUT2D eigenvalue weighted by molar-refractivity contribution is -0.127. The highest BCUT2D eigenvalue weighted by molar-refractivity contribution is 5.85. The molecule has 0 spiro atoms. The zero-order valence-corrected chi connectivity index (χ0v) is 18.9. The Balaban J connectivity index is 0.00000160. The molecule has 2 fully saturated rings. The first-order chi connectivity index (χ1) is 13.3. The summed E-state index contributed by atoms with van der Waals surface area (Å²) >= 11 is 0. The second-order valence-electron chi connectivity index (χ2n) is 8.47. The van der Waals surface area contributed by atoms with Crippen molar-refractivity contribution in [2.24, 2.45) is 11.8 Å². The van der Waals surface area contributed by atoms with E-state index < -0.39 is 12.6 Å². The van der Waals surface area contributed by atoms with Crippen molar-refractivity contribution in [1.82, 2.24) is 9.80 Å². The summed E-state index contributed by atoms with van der Waals surface area (Å²) in [6.45, 7) is 5.99. The fourth-order valence-corrected chi connectivity index (χ4v) is 5.19. The SMILES string of the molecule is Cc1ccccc1[C@H]1[C@@H]2CN(Cc3cccc(CC(F)(F)F)c3)C[C@@H]2CN1C.Cl.Cl. The van der Waals surface area contributed by atoms with E-state index in [9.17, 15) is 13.2 Å². The molecule has 2 saturated heterocycles. The minimum Gasteiger partial charge on any atom is -0.299 e. The summed E-state index contributed by atoms with van der Waals surface area (Å²) in [5, 5.41) is 0. The van der Waals surface area contributed by atoms with Gasteiger partial charge in [-0.2, -0.15) is 13.2 Å². The van der Waals surface area contributed by atoms with E-state index in [4.69, 9.17) is 0 Å². The van der Waals surface area contributed by atoms with E-state index in [2.05, 4.69) is 48.0 Å². The van der Waals surface area contributed by atoms with Gasteiger partial charge in [-0.05, 0) is 48.1 Å². The van der Waals surface area contributed by atoms with Crippen LogP contribution in [-0.2, 0) is 13.0 Å². The van der Waals surface area contributed by atoms with E-state index >= 15 is 0 Å². The number of aryl methyl sites for hydroxylation is 1. The Hall–Kier alpha value is -1.27. The van der Waals surface area contributed by atoms with Crippen LogP contribution in [0.5, 0.6) is 0 Å². The maximum atomic E-state index is 12.7. The summed E-state index contributed by atoms with van der Waals surface area (Å²) in [5.74, 6) is 1.19. The molecule has 30 heavy (non-hydrogen) atoms. The van der Waals surface area contributed by atoms with Crippen molar-refractivity contribution in [3.8, 4) is 0 Å². The van der Waals surface area contributed by atoms with Crippen LogP contribution in [0.4, 0.5) is 13.2 Å². The summed E-state index contributed by atoms with van der Waals surface area (Å²) in [6.07, 6.45) is -5.01. The molecule has 2 aliphatic rings. The molecule has 0 unspecified atom stereocenters. The lowest BCUT2D eigenvalue weighted by Gasteiger charge is -2.28. The average Bonchev–Trinajstić information content (AvgIpc) is 3.10.